The Morgan fingerprint density at radius 3 is 2.42 bits per heavy atom. The molecule has 0 saturated heterocycles. The average Bonchev–Trinajstić information content (AvgIpc) is 3.55. The number of aryl methyl sites for hydroxylation is 2. The number of halogens is 4. The highest BCUT2D eigenvalue weighted by Crippen LogP contribution is 2.61. The highest BCUT2D eigenvalue weighted by Gasteiger charge is 2.51. The molecule has 1 fully saturated rings. The standard InChI is InChI=1S/C28H24ClF3N4O2/c1-12-11-34-20(19-7-8-33-27(35-19)15(4)37)10-21(12)36-13(2)9-17(24(29)28(36)38)23-14(3)22(23)16-5-6-18(30)26(32)25(16)31/h5-11,14-15,22-23,37H,1-4H3. The van der Waals surface area contributed by atoms with Gasteiger partial charge in [0.05, 0.1) is 17.1 Å². The van der Waals surface area contributed by atoms with Crippen molar-refractivity contribution in [2.75, 3.05) is 0 Å². The van der Waals surface area contributed by atoms with E-state index in [1.165, 1.54) is 16.8 Å². The van der Waals surface area contributed by atoms with Gasteiger partial charge in [0.2, 0.25) is 0 Å². The third-order valence-corrected chi connectivity index (χ3v) is 7.53. The van der Waals surface area contributed by atoms with Crippen molar-refractivity contribution in [3.8, 4) is 17.1 Å². The van der Waals surface area contributed by atoms with Crippen LogP contribution in [-0.4, -0.2) is 24.6 Å². The van der Waals surface area contributed by atoms with Gasteiger partial charge in [0.25, 0.3) is 5.56 Å². The molecule has 0 radical (unpaired) electrons. The summed E-state index contributed by atoms with van der Waals surface area (Å²) in [5.74, 6) is -4.61. The van der Waals surface area contributed by atoms with Gasteiger partial charge in [-0.1, -0.05) is 24.6 Å². The number of aliphatic hydroxyl groups excluding tert-OH is 1. The molecule has 1 aromatic carbocycles. The SMILES string of the molecule is Cc1cnc(-c2ccnc(C(C)O)n2)cc1-n1c(C)cc(C2C(C)C2c2ccc(F)c(F)c2F)c(Cl)c1=O. The number of aromatic nitrogens is 4. The highest BCUT2D eigenvalue weighted by molar-refractivity contribution is 6.31. The Bertz CT molecular complexity index is 1640. The van der Waals surface area contributed by atoms with E-state index in [-0.39, 0.29) is 28.2 Å². The van der Waals surface area contributed by atoms with Crippen LogP contribution in [0, 0.1) is 37.2 Å². The molecule has 1 saturated carbocycles. The first-order valence-electron chi connectivity index (χ1n) is 12.0. The number of nitrogens with zero attached hydrogens (tertiary/aromatic N) is 4. The van der Waals surface area contributed by atoms with Gasteiger partial charge in [0.15, 0.2) is 23.3 Å². The van der Waals surface area contributed by atoms with E-state index < -0.39 is 35.0 Å². The van der Waals surface area contributed by atoms with Gasteiger partial charge < -0.3 is 5.11 Å². The lowest BCUT2D eigenvalue weighted by atomic mass is 10.0. The van der Waals surface area contributed by atoms with Crippen LogP contribution < -0.4 is 5.56 Å². The van der Waals surface area contributed by atoms with Crippen molar-refractivity contribution in [3.05, 3.63) is 104 Å². The van der Waals surface area contributed by atoms with Gasteiger partial charge >= 0.3 is 0 Å². The second kappa shape index (κ2) is 9.63. The van der Waals surface area contributed by atoms with E-state index in [0.29, 0.717) is 33.9 Å². The third kappa shape index (κ3) is 4.29. The molecule has 1 aliphatic carbocycles. The van der Waals surface area contributed by atoms with Crippen LogP contribution in [0.4, 0.5) is 13.2 Å². The minimum atomic E-state index is -1.51. The molecule has 1 N–H and O–H groups in total. The largest absolute Gasteiger partial charge is 0.385 e. The normalized spacial score (nSPS) is 19.4. The van der Waals surface area contributed by atoms with E-state index in [9.17, 15) is 23.1 Å². The molecule has 10 heteroatoms. The van der Waals surface area contributed by atoms with Gasteiger partial charge in [0, 0.05) is 18.1 Å². The summed E-state index contributed by atoms with van der Waals surface area (Å²) in [6, 6.07) is 7.30. The maximum Gasteiger partial charge on any atom is 0.274 e. The summed E-state index contributed by atoms with van der Waals surface area (Å²) < 4.78 is 43.3. The zero-order valence-electron chi connectivity index (χ0n) is 21.0. The molecular weight excluding hydrogens is 517 g/mol. The topological polar surface area (TPSA) is 80.9 Å². The van der Waals surface area contributed by atoms with Crippen LogP contribution in [0.25, 0.3) is 17.1 Å². The van der Waals surface area contributed by atoms with Crippen molar-refractivity contribution in [3.63, 3.8) is 0 Å². The molecule has 0 spiro atoms. The molecule has 1 aliphatic rings. The molecule has 38 heavy (non-hydrogen) atoms. The first kappa shape index (κ1) is 26.1. The fourth-order valence-electron chi connectivity index (χ4n) is 5.10. The van der Waals surface area contributed by atoms with Crippen LogP contribution in [0.2, 0.25) is 5.02 Å². The second-order valence-electron chi connectivity index (χ2n) is 9.70. The molecule has 4 unspecified atom stereocenters. The lowest BCUT2D eigenvalue weighted by Crippen LogP contribution is -2.23. The van der Waals surface area contributed by atoms with E-state index in [2.05, 4.69) is 15.0 Å². The fourth-order valence-corrected chi connectivity index (χ4v) is 5.37. The summed E-state index contributed by atoms with van der Waals surface area (Å²) in [6.45, 7) is 6.99. The van der Waals surface area contributed by atoms with E-state index in [0.717, 1.165) is 6.07 Å². The monoisotopic (exact) mass is 540 g/mol. The number of pyridine rings is 2. The van der Waals surface area contributed by atoms with E-state index in [1.807, 2.05) is 13.8 Å². The van der Waals surface area contributed by atoms with Crippen molar-refractivity contribution >= 4 is 11.6 Å². The van der Waals surface area contributed by atoms with Gasteiger partial charge in [-0.05, 0) is 79.5 Å². The van der Waals surface area contributed by atoms with Crippen LogP contribution in [0.1, 0.15) is 60.0 Å². The molecule has 5 rings (SSSR count). The molecule has 4 aromatic rings. The Labute approximate surface area is 221 Å². The molecule has 3 heterocycles. The summed E-state index contributed by atoms with van der Waals surface area (Å²) in [5.41, 5.74) is 2.96. The third-order valence-electron chi connectivity index (χ3n) is 7.15. The number of benzene rings is 1. The van der Waals surface area contributed by atoms with Crippen molar-refractivity contribution in [1.82, 2.24) is 19.5 Å². The summed E-state index contributed by atoms with van der Waals surface area (Å²) in [7, 11) is 0. The first-order chi connectivity index (χ1) is 18.0. The van der Waals surface area contributed by atoms with Gasteiger partial charge in [0.1, 0.15) is 11.1 Å². The number of hydrogen-bond donors (Lipinski definition) is 1. The molecule has 196 valence electrons. The van der Waals surface area contributed by atoms with E-state index in [4.69, 9.17) is 11.6 Å². The molecule has 0 bridgehead atoms. The molecular formula is C28H24ClF3N4O2. The van der Waals surface area contributed by atoms with Crippen molar-refractivity contribution in [2.24, 2.45) is 5.92 Å². The highest BCUT2D eigenvalue weighted by atomic mass is 35.5. The Balaban J connectivity index is 1.56. The van der Waals surface area contributed by atoms with Crippen molar-refractivity contribution < 1.29 is 18.3 Å². The van der Waals surface area contributed by atoms with Crippen LogP contribution in [0.5, 0.6) is 0 Å². The smallest absolute Gasteiger partial charge is 0.274 e. The number of hydrogen-bond acceptors (Lipinski definition) is 5. The minimum absolute atomic E-state index is 0.0193. The second-order valence-corrected chi connectivity index (χ2v) is 10.1. The summed E-state index contributed by atoms with van der Waals surface area (Å²) in [5, 5.41) is 9.82. The molecule has 0 aliphatic heterocycles. The maximum atomic E-state index is 14.5. The molecule has 4 atom stereocenters. The van der Waals surface area contributed by atoms with Gasteiger partial charge in [-0.15, -0.1) is 0 Å². The molecule has 3 aromatic heterocycles. The van der Waals surface area contributed by atoms with Gasteiger partial charge in [-0.3, -0.25) is 14.3 Å². The van der Waals surface area contributed by atoms with Crippen LogP contribution >= 0.6 is 11.6 Å². The lowest BCUT2D eigenvalue weighted by molar-refractivity contribution is 0.189. The van der Waals surface area contributed by atoms with Crippen LogP contribution in [-0.2, 0) is 0 Å². The maximum absolute atomic E-state index is 14.5. The van der Waals surface area contributed by atoms with Gasteiger partial charge in [-0.2, -0.15) is 0 Å². The lowest BCUT2D eigenvalue weighted by Gasteiger charge is -2.17. The Morgan fingerprint density at radius 2 is 1.71 bits per heavy atom. The predicted molar refractivity (Wildman–Crippen MR) is 137 cm³/mol. The zero-order valence-corrected chi connectivity index (χ0v) is 21.8. The van der Waals surface area contributed by atoms with Crippen molar-refractivity contribution in [1.29, 1.82) is 0 Å². The zero-order chi connectivity index (χ0) is 27.5. The first-order valence-corrected chi connectivity index (χ1v) is 12.4. The Morgan fingerprint density at radius 1 is 1.00 bits per heavy atom. The molecule has 6 nitrogen and oxygen atoms in total. The average molecular weight is 541 g/mol. The van der Waals surface area contributed by atoms with Gasteiger partial charge in [-0.25, -0.2) is 23.1 Å². The number of rotatable bonds is 5. The summed E-state index contributed by atoms with van der Waals surface area (Å²) in [4.78, 5) is 26.4. The van der Waals surface area contributed by atoms with E-state index in [1.54, 1.807) is 38.2 Å². The number of aliphatic hydroxyl groups is 1. The predicted octanol–water partition coefficient (Wildman–Crippen LogP) is 5.95. The molecule has 0 amide bonds. The van der Waals surface area contributed by atoms with E-state index >= 15 is 0 Å². The van der Waals surface area contributed by atoms with Crippen LogP contribution in [0.15, 0.2) is 47.5 Å². The van der Waals surface area contributed by atoms with Crippen LogP contribution in [0.3, 0.4) is 0 Å². The fraction of sp³-hybridized carbons (Fsp3) is 0.286. The summed E-state index contributed by atoms with van der Waals surface area (Å²) >= 11 is 6.61. The Hall–Kier alpha value is -3.56. The van der Waals surface area contributed by atoms with Crippen molar-refractivity contribution in [2.45, 2.75) is 45.6 Å². The summed E-state index contributed by atoms with van der Waals surface area (Å²) in [6.07, 6.45) is 2.29. The minimum Gasteiger partial charge on any atom is -0.385 e. The quantitative estimate of drug-likeness (QED) is 0.316. The Kier molecular flexibility index (Phi) is 6.61.